The van der Waals surface area contributed by atoms with E-state index in [2.05, 4.69) is 22.9 Å². The van der Waals surface area contributed by atoms with Crippen molar-refractivity contribution in [3.63, 3.8) is 0 Å². The lowest BCUT2D eigenvalue weighted by Crippen LogP contribution is -2.46. The van der Waals surface area contributed by atoms with Crippen LogP contribution in [0.15, 0.2) is 48.2 Å². The average Bonchev–Trinajstić information content (AvgIpc) is 3.50. The van der Waals surface area contributed by atoms with Crippen molar-refractivity contribution in [2.75, 3.05) is 6.54 Å². The Balaban J connectivity index is 1.17. The van der Waals surface area contributed by atoms with Crippen LogP contribution in [0.4, 0.5) is 8.78 Å². The van der Waals surface area contributed by atoms with Crippen LogP contribution in [0.2, 0.25) is 0 Å². The van der Waals surface area contributed by atoms with E-state index < -0.39 is 5.67 Å². The predicted molar refractivity (Wildman–Crippen MR) is 150 cm³/mol. The fourth-order valence-electron chi connectivity index (χ4n) is 8.55. The molecule has 1 aliphatic heterocycles. The van der Waals surface area contributed by atoms with Crippen molar-refractivity contribution < 1.29 is 13.6 Å². The van der Waals surface area contributed by atoms with Crippen molar-refractivity contribution in [1.29, 1.82) is 0 Å². The van der Waals surface area contributed by atoms with Gasteiger partial charge in [-0.15, -0.1) is 0 Å². The summed E-state index contributed by atoms with van der Waals surface area (Å²) >= 11 is 0. The Hall–Kier alpha value is -2.56. The number of halogens is 2. The minimum absolute atomic E-state index is 0.179. The first-order valence-electron chi connectivity index (χ1n) is 15.0. The molecule has 3 aliphatic carbocycles. The van der Waals surface area contributed by atoms with Gasteiger partial charge in [-0.1, -0.05) is 30.2 Å². The Bertz CT molecular complexity index is 1260. The van der Waals surface area contributed by atoms with Crippen LogP contribution < -0.4 is 0 Å². The maximum absolute atomic E-state index is 14.6. The summed E-state index contributed by atoms with van der Waals surface area (Å²) in [6.07, 6.45) is 13.5. The van der Waals surface area contributed by atoms with Crippen molar-refractivity contribution in [3.8, 4) is 0 Å². The third-order valence-corrected chi connectivity index (χ3v) is 10.7. The van der Waals surface area contributed by atoms with Crippen LogP contribution in [0.25, 0.3) is 0 Å². The topological polar surface area (TPSA) is 33.2 Å². The van der Waals surface area contributed by atoms with Crippen LogP contribution >= 0.6 is 0 Å². The van der Waals surface area contributed by atoms with Crippen LogP contribution in [0, 0.1) is 29.0 Å². The molecule has 0 N–H and O–H groups in total. The van der Waals surface area contributed by atoms with E-state index in [0.717, 1.165) is 56.2 Å². The average molecular weight is 533 g/mol. The van der Waals surface area contributed by atoms with E-state index in [-0.39, 0.29) is 11.2 Å². The molecule has 208 valence electrons. The Morgan fingerprint density at radius 3 is 2.69 bits per heavy atom. The van der Waals surface area contributed by atoms with E-state index >= 15 is 0 Å². The van der Waals surface area contributed by atoms with Crippen molar-refractivity contribution >= 4 is 5.91 Å². The molecule has 1 aromatic heterocycles. The number of hydrogen-bond acceptors (Lipinski definition) is 2. The zero-order chi connectivity index (χ0) is 27.4. The van der Waals surface area contributed by atoms with E-state index in [9.17, 15) is 13.6 Å². The van der Waals surface area contributed by atoms with Crippen LogP contribution in [0.1, 0.15) is 100 Å². The number of carbonyl (C=O) groups excluding carboxylic acids is 1. The van der Waals surface area contributed by atoms with E-state index in [4.69, 9.17) is 0 Å². The number of nitrogens with zero attached hydrogens (tertiary/aromatic N) is 2. The van der Waals surface area contributed by atoms with Gasteiger partial charge in [-0.3, -0.25) is 9.78 Å². The third-order valence-electron chi connectivity index (χ3n) is 10.7. The number of alkyl halides is 1. The van der Waals surface area contributed by atoms with Gasteiger partial charge in [0, 0.05) is 42.9 Å². The van der Waals surface area contributed by atoms with Crippen LogP contribution in [-0.4, -0.2) is 22.3 Å². The first-order valence-corrected chi connectivity index (χ1v) is 15.0. The third kappa shape index (κ3) is 4.85. The quantitative estimate of drug-likeness (QED) is 0.373. The minimum Gasteiger partial charge on any atom is -0.337 e. The number of allylic oxidation sites excluding steroid dienone is 2. The normalized spacial score (nSPS) is 31.8. The van der Waals surface area contributed by atoms with E-state index in [1.807, 2.05) is 18.2 Å². The highest BCUT2D eigenvalue weighted by atomic mass is 19.1. The number of carbonyl (C=O) groups is 1. The van der Waals surface area contributed by atoms with E-state index in [1.54, 1.807) is 32.2 Å². The van der Waals surface area contributed by atoms with Crippen molar-refractivity contribution in [2.24, 2.45) is 23.2 Å². The second-order valence-corrected chi connectivity index (χ2v) is 13.2. The molecular formula is C34H42F2N2O. The molecule has 1 aromatic carbocycles. The zero-order valence-corrected chi connectivity index (χ0v) is 23.7. The molecule has 3 nitrogen and oxygen atoms in total. The smallest absolute Gasteiger partial charge is 0.229 e. The molecule has 39 heavy (non-hydrogen) atoms. The standard InChI is InChI=1S/C34H42F2N2O/c1-4-22-16-24(9-12-30(22)23-7-10-29(35)11-8-23)25-17-27-6-5-14-34(27,19-25)32(39)38-15-13-31-26(21-38)18-28(20-37-31)33(2,3)36/h4,7-8,10-11,18,20,24-25,27,30H,5-6,9,12-17,19,21H2,1-3H3/b22-4-/t24?,25-,27-,30?,34-/m1/s1. The summed E-state index contributed by atoms with van der Waals surface area (Å²) in [5.41, 5.74) is 3.63. The number of hydrogen-bond donors (Lipinski definition) is 0. The first kappa shape index (κ1) is 26.7. The summed E-state index contributed by atoms with van der Waals surface area (Å²) < 4.78 is 28.2. The number of amides is 1. The predicted octanol–water partition coefficient (Wildman–Crippen LogP) is 8.04. The zero-order valence-electron chi connectivity index (χ0n) is 23.7. The molecule has 5 heteroatoms. The van der Waals surface area contributed by atoms with Crippen LogP contribution in [-0.2, 0) is 23.4 Å². The van der Waals surface area contributed by atoms with Crippen molar-refractivity contribution in [2.45, 2.75) is 96.7 Å². The monoisotopic (exact) mass is 532 g/mol. The van der Waals surface area contributed by atoms with Gasteiger partial charge in [0.2, 0.25) is 5.91 Å². The molecule has 0 radical (unpaired) electrons. The lowest BCUT2D eigenvalue weighted by atomic mass is 9.69. The van der Waals surface area contributed by atoms with Crippen LogP contribution in [0.3, 0.4) is 0 Å². The first-order chi connectivity index (χ1) is 18.7. The Labute approximate surface area is 232 Å². The highest BCUT2D eigenvalue weighted by Gasteiger charge is 2.57. The number of rotatable bonds is 4. The molecule has 6 rings (SSSR count). The van der Waals surface area contributed by atoms with Gasteiger partial charge in [0.15, 0.2) is 0 Å². The molecule has 0 saturated heterocycles. The summed E-state index contributed by atoms with van der Waals surface area (Å²) in [5.74, 6) is 2.22. The minimum atomic E-state index is -1.44. The highest BCUT2D eigenvalue weighted by molar-refractivity contribution is 5.84. The number of benzene rings is 1. The summed E-state index contributed by atoms with van der Waals surface area (Å²) in [4.78, 5) is 20.9. The highest BCUT2D eigenvalue weighted by Crippen LogP contribution is 2.61. The maximum Gasteiger partial charge on any atom is 0.229 e. The molecule has 0 spiro atoms. The second kappa shape index (κ2) is 10.1. The van der Waals surface area contributed by atoms with Gasteiger partial charge in [0.1, 0.15) is 11.5 Å². The van der Waals surface area contributed by atoms with E-state index in [1.165, 1.54) is 24.0 Å². The SMILES string of the molecule is C/C=C1/CC([C@@H]2C[C@H]3CCC[C@@]3(C(=O)N3CCc4ncc(C(C)(C)F)cc4C3)C2)CCC1c1ccc(F)cc1. The number of aromatic nitrogens is 1. The fourth-order valence-corrected chi connectivity index (χ4v) is 8.55. The molecule has 2 aromatic rings. The number of pyridine rings is 1. The van der Waals surface area contributed by atoms with Gasteiger partial charge in [0.05, 0.1) is 5.41 Å². The molecular weight excluding hydrogens is 490 g/mol. The van der Waals surface area contributed by atoms with Gasteiger partial charge in [-0.2, -0.15) is 0 Å². The van der Waals surface area contributed by atoms with Gasteiger partial charge in [-0.05, 0) is 113 Å². The Morgan fingerprint density at radius 2 is 1.95 bits per heavy atom. The number of fused-ring (bicyclic) bond motifs is 2. The molecule has 3 fully saturated rings. The molecule has 2 heterocycles. The molecule has 3 saturated carbocycles. The maximum atomic E-state index is 14.6. The Morgan fingerprint density at radius 1 is 1.15 bits per heavy atom. The van der Waals surface area contributed by atoms with Gasteiger partial charge >= 0.3 is 0 Å². The molecule has 4 aliphatic rings. The molecule has 2 unspecified atom stereocenters. The molecule has 5 atom stereocenters. The largest absolute Gasteiger partial charge is 0.337 e. The van der Waals surface area contributed by atoms with Gasteiger partial charge < -0.3 is 4.90 Å². The lowest BCUT2D eigenvalue weighted by Gasteiger charge is -2.38. The summed E-state index contributed by atoms with van der Waals surface area (Å²) in [5, 5.41) is 0. The Kier molecular flexibility index (Phi) is 6.92. The second-order valence-electron chi connectivity index (χ2n) is 13.2. The molecule has 0 bridgehead atoms. The summed E-state index contributed by atoms with van der Waals surface area (Å²) in [6.45, 7) is 6.53. The fraction of sp³-hybridized carbons (Fsp3) is 0.588. The lowest BCUT2D eigenvalue weighted by molar-refractivity contribution is -0.144. The van der Waals surface area contributed by atoms with Crippen LogP contribution in [0.5, 0.6) is 0 Å². The van der Waals surface area contributed by atoms with Gasteiger partial charge in [0.25, 0.3) is 0 Å². The summed E-state index contributed by atoms with van der Waals surface area (Å²) in [7, 11) is 0. The summed E-state index contributed by atoms with van der Waals surface area (Å²) in [6, 6.07) is 8.98. The van der Waals surface area contributed by atoms with Gasteiger partial charge in [-0.25, -0.2) is 8.78 Å². The van der Waals surface area contributed by atoms with E-state index in [0.29, 0.717) is 48.2 Å². The molecule has 1 amide bonds. The van der Waals surface area contributed by atoms with Crippen molar-refractivity contribution in [1.82, 2.24) is 9.88 Å². The van der Waals surface area contributed by atoms with Crippen molar-refractivity contribution in [3.05, 3.63) is 76.4 Å².